The number of ether oxygens (including phenoxy) is 1. The molecule has 2 atom stereocenters. The normalized spacial score (nSPS) is 14.2. The first-order valence-electron chi connectivity index (χ1n) is 7.08. The molecule has 1 aromatic rings. The summed E-state index contributed by atoms with van der Waals surface area (Å²) in [6.07, 6.45) is 4.48. The van der Waals surface area contributed by atoms with Crippen LogP contribution in [0, 0.1) is 5.92 Å². The maximum atomic E-state index is 9.53. The molecule has 2 nitrogen and oxygen atoms in total. The van der Waals surface area contributed by atoms with E-state index >= 15 is 0 Å². The quantitative estimate of drug-likeness (QED) is 0.744. The Bertz CT molecular complexity index is 334. The monoisotopic (exact) mass is 250 g/mol. The van der Waals surface area contributed by atoms with E-state index in [4.69, 9.17) is 4.74 Å². The van der Waals surface area contributed by atoms with Crippen molar-refractivity contribution in [2.24, 2.45) is 5.92 Å². The molecule has 2 heteroatoms. The molecule has 0 bridgehead atoms. The Labute approximate surface area is 111 Å². The van der Waals surface area contributed by atoms with Crippen LogP contribution in [0.25, 0.3) is 0 Å². The molecular formula is C16H26O2. The molecule has 0 spiro atoms. The number of rotatable bonds is 8. The number of aliphatic hydroxyl groups is 1. The Kier molecular flexibility index (Phi) is 6.81. The van der Waals surface area contributed by atoms with Crippen molar-refractivity contribution in [1.29, 1.82) is 0 Å². The summed E-state index contributed by atoms with van der Waals surface area (Å²) >= 11 is 0. The van der Waals surface area contributed by atoms with Crippen LogP contribution in [0.1, 0.15) is 58.1 Å². The molecule has 18 heavy (non-hydrogen) atoms. The molecular weight excluding hydrogens is 224 g/mol. The Morgan fingerprint density at radius 1 is 1.28 bits per heavy atom. The maximum Gasteiger partial charge on any atom is 0.119 e. The second kappa shape index (κ2) is 8.15. The van der Waals surface area contributed by atoms with E-state index in [0.29, 0.717) is 5.92 Å². The molecule has 102 valence electrons. The lowest BCUT2D eigenvalue weighted by Gasteiger charge is -2.16. The SMILES string of the molecule is CCCCC(CC)COc1cccc([C@@H](C)O)c1. The molecule has 0 aliphatic heterocycles. The first-order chi connectivity index (χ1) is 8.67. The summed E-state index contributed by atoms with van der Waals surface area (Å²) < 4.78 is 5.84. The molecule has 0 aliphatic carbocycles. The van der Waals surface area contributed by atoms with Crippen LogP contribution < -0.4 is 4.74 Å². The largest absolute Gasteiger partial charge is 0.493 e. The van der Waals surface area contributed by atoms with Crippen LogP contribution in [-0.4, -0.2) is 11.7 Å². The van der Waals surface area contributed by atoms with Crippen LogP contribution in [0.4, 0.5) is 0 Å². The highest BCUT2D eigenvalue weighted by molar-refractivity contribution is 5.29. The number of benzene rings is 1. The lowest BCUT2D eigenvalue weighted by Crippen LogP contribution is -2.11. The van der Waals surface area contributed by atoms with E-state index in [2.05, 4.69) is 13.8 Å². The number of hydrogen-bond donors (Lipinski definition) is 1. The van der Waals surface area contributed by atoms with Gasteiger partial charge in [0.15, 0.2) is 0 Å². The summed E-state index contributed by atoms with van der Waals surface area (Å²) in [6, 6.07) is 7.74. The van der Waals surface area contributed by atoms with Gasteiger partial charge in [-0.25, -0.2) is 0 Å². The summed E-state index contributed by atoms with van der Waals surface area (Å²) in [7, 11) is 0. The van der Waals surface area contributed by atoms with Gasteiger partial charge in [0.05, 0.1) is 12.7 Å². The topological polar surface area (TPSA) is 29.5 Å². The minimum Gasteiger partial charge on any atom is -0.493 e. The third kappa shape index (κ3) is 5.09. The Hall–Kier alpha value is -1.02. The molecule has 0 saturated carbocycles. The van der Waals surface area contributed by atoms with Crippen LogP contribution in [0.5, 0.6) is 5.75 Å². The van der Waals surface area contributed by atoms with Gasteiger partial charge in [0.25, 0.3) is 0 Å². The van der Waals surface area contributed by atoms with Crippen molar-refractivity contribution in [2.45, 2.75) is 52.6 Å². The number of unbranched alkanes of at least 4 members (excludes halogenated alkanes) is 1. The maximum absolute atomic E-state index is 9.53. The second-order valence-corrected chi connectivity index (χ2v) is 4.98. The zero-order valence-corrected chi connectivity index (χ0v) is 11.9. The molecule has 0 fully saturated rings. The average molecular weight is 250 g/mol. The summed E-state index contributed by atoms with van der Waals surface area (Å²) in [5.41, 5.74) is 0.911. The van der Waals surface area contributed by atoms with Crippen LogP contribution in [0.2, 0.25) is 0 Å². The minimum atomic E-state index is -0.435. The van der Waals surface area contributed by atoms with E-state index in [1.807, 2.05) is 24.3 Å². The van der Waals surface area contributed by atoms with Crippen molar-refractivity contribution in [1.82, 2.24) is 0 Å². The standard InChI is InChI=1S/C16H26O2/c1-4-6-8-14(5-2)12-18-16-10-7-9-15(11-16)13(3)17/h7,9-11,13-14,17H,4-6,8,12H2,1-3H3/t13-,14?/m1/s1. The Balaban J connectivity index is 2.48. The highest BCUT2D eigenvalue weighted by atomic mass is 16.5. The molecule has 0 radical (unpaired) electrons. The first kappa shape index (κ1) is 15.0. The van der Waals surface area contributed by atoms with Crippen molar-refractivity contribution >= 4 is 0 Å². The highest BCUT2D eigenvalue weighted by Gasteiger charge is 2.08. The van der Waals surface area contributed by atoms with Crippen molar-refractivity contribution in [3.8, 4) is 5.75 Å². The van der Waals surface area contributed by atoms with Gasteiger partial charge in [-0.05, 0) is 37.0 Å². The minimum absolute atomic E-state index is 0.435. The third-order valence-electron chi connectivity index (χ3n) is 3.37. The van der Waals surface area contributed by atoms with Crippen LogP contribution in [0.15, 0.2) is 24.3 Å². The summed E-state index contributed by atoms with van der Waals surface area (Å²) in [4.78, 5) is 0. The van der Waals surface area contributed by atoms with Gasteiger partial charge < -0.3 is 9.84 Å². The molecule has 1 unspecified atom stereocenters. The van der Waals surface area contributed by atoms with Gasteiger partial charge in [0.2, 0.25) is 0 Å². The van der Waals surface area contributed by atoms with Gasteiger partial charge in [0, 0.05) is 0 Å². The lowest BCUT2D eigenvalue weighted by molar-refractivity contribution is 0.197. The van der Waals surface area contributed by atoms with Gasteiger partial charge in [-0.15, -0.1) is 0 Å². The van der Waals surface area contributed by atoms with Gasteiger partial charge in [-0.2, -0.15) is 0 Å². The van der Waals surface area contributed by atoms with E-state index < -0.39 is 6.10 Å². The molecule has 0 aliphatic rings. The van der Waals surface area contributed by atoms with E-state index in [1.54, 1.807) is 6.92 Å². The summed E-state index contributed by atoms with van der Waals surface area (Å²) in [5, 5.41) is 9.53. The molecule has 0 aromatic heterocycles. The van der Waals surface area contributed by atoms with Gasteiger partial charge in [-0.1, -0.05) is 45.2 Å². The molecule has 0 saturated heterocycles. The predicted octanol–water partition coefficient (Wildman–Crippen LogP) is 4.34. The zero-order chi connectivity index (χ0) is 13.4. The molecule has 0 amide bonds. The number of aliphatic hydroxyl groups excluding tert-OH is 1. The van der Waals surface area contributed by atoms with Gasteiger partial charge in [0.1, 0.15) is 5.75 Å². The third-order valence-corrected chi connectivity index (χ3v) is 3.37. The van der Waals surface area contributed by atoms with Crippen molar-refractivity contribution < 1.29 is 9.84 Å². The van der Waals surface area contributed by atoms with Crippen LogP contribution in [-0.2, 0) is 0 Å². The highest BCUT2D eigenvalue weighted by Crippen LogP contribution is 2.20. The van der Waals surface area contributed by atoms with Crippen molar-refractivity contribution in [2.75, 3.05) is 6.61 Å². The van der Waals surface area contributed by atoms with Crippen LogP contribution >= 0.6 is 0 Å². The van der Waals surface area contributed by atoms with Gasteiger partial charge in [-0.3, -0.25) is 0 Å². The summed E-state index contributed by atoms with van der Waals surface area (Å²) in [5.74, 6) is 1.50. The zero-order valence-electron chi connectivity index (χ0n) is 11.9. The fourth-order valence-corrected chi connectivity index (χ4v) is 1.98. The average Bonchev–Trinajstić information content (AvgIpc) is 2.39. The van der Waals surface area contributed by atoms with Crippen molar-refractivity contribution in [3.63, 3.8) is 0 Å². The summed E-state index contributed by atoms with van der Waals surface area (Å²) in [6.45, 7) is 6.99. The number of hydrogen-bond acceptors (Lipinski definition) is 2. The van der Waals surface area contributed by atoms with E-state index in [0.717, 1.165) is 24.3 Å². The molecule has 1 rings (SSSR count). The second-order valence-electron chi connectivity index (χ2n) is 4.98. The fraction of sp³-hybridized carbons (Fsp3) is 0.625. The molecule has 0 heterocycles. The van der Waals surface area contributed by atoms with E-state index in [-0.39, 0.29) is 0 Å². The van der Waals surface area contributed by atoms with Gasteiger partial charge >= 0.3 is 0 Å². The first-order valence-corrected chi connectivity index (χ1v) is 7.08. The lowest BCUT2D eigenvalue weighted by atomic mass is 10.0. The predicted molar refractivity (Wildman–Crippen MR) is 75.9 cm³/mol. The fourth-order valence-electron chi connectivity index (χ4n) is 1.98. The van der Waals surface area contributed by atoms with E-state index in [1.165, 1.54) is 19.3 Å². The smallest absolute Gasteiger partial charge is 0.119 e. The molecule has 1 N–H and O–H groups in total. The Morgan fingerprint density at radius 2 is 2.06 bits per heavy atom. The Morgan fingerprint density at radius 3 is 2.67 bits per heavy atom. The van der Waals surface area contributed by atoms with E-state index in [9.17, 15) is 5.11 Å². The molecule has 1 aromatic carbocycles. The van der Waals surface area contributed by atoms with Crippen LogP contribution in [0.3, 0.4) is 0 Å². The van der Waals surface area contributed by atoms with Crippen molar-refractivity contribution in [3.05, 3.63) is 29.8 Å².